The van der Waals surface area contributed by atoms with Gasteiger partial charge in [-0.3, -0.25) is 15.4 Å². The van der Waals surface area contributed by atoms with E-state index in [9.17, 15) is 10.1 Å². The van der Waals surface area contributed by atoms with E-state index < -0.39 is 4.92 Å². The molecule has 0 atom stereocenters. The zero-order valence-electron chi connectivity index (χ0n) is 9.90. The Morgan fingerprint density at radius 2 is 2.26 bits per heavy atom. The maximum atomic E-state index is 11.0. The molecule has 1 aromatic carbocycles. The van der Waals surface area contributed by atoms with Crippen LogP contribution in [0.5, 0.6) is 0 Å². The first kappa shape index (κ1) is 15.9. The number of benzene rings is 1. The Kier molecular flexibility index (Phi) is 5.78. The average molecular weight is 408 g/mol. The second-order valence-corrected chi connectivity index (χ2v) is 5.74. The summed E-state index contributed by atoms with van der Waals surface area (Å²) in [7, 11) is 0. The molecular weight excluding hydrogens is 400 g/mol. The van der Waals surface area contributed by atoms with E-state index in [1.165, 1.54) is 11.8 Å². The molecule has 0 aliphatic carbocycles. The molecule has 0 fully saturated rings. The lowest BCUT2D eigenvalue weighted by atomic mass is 10.2. The van der Waals surface area contributed by atoms with Gasteiger partial charge in [0.2, 0.25) is 0 Å². The molecule has 6 nitrogen and oxygen atoms in total. The number of rotatable bonds is 2. The van der Waals surface area contributed by atoms with Crippen molar-refractivity contribution in [2.24, 2.45) is 4.99 Å². The maximum absolute atomic E-state index is 11.0. The van der Waals surface area contributed by atoms with Gasteiger partial charge in [-0.15, -0.1) is 0 Å². The Bertz CT molecular complexity index is 598. The monoisotopic (exact) mass is 406 g/mol. The first-order valence-corrected chi connectivity index (χ1v) is 7.64. The van der Waals surface area contributed by atoms with Gasteiger partial charge in [-0.25, -0.2) is 4.99 Å². The number of nitro benzene ring substituents is 1. The maximum Gasteiger partial charge on any atom is 0.299 e. The molecule has 9 heteroatoms. The summed E-state index contributed by atoms with van der Waals surface area (Å²) in [6, 6.07) is 1.62. The quantitative estimate of drug-likeness (QED) is 0.201. The lowest BCUT2D eigenvalue weighted by Crippen LogP contribution is -2.12. The number of amidine groups is 1. The predicted molar refractivity (Wildman–Crippen MR) is 82.6 cm³/mol. The van der Waals surface area contributed by atoms with Gasteiger partial charge in [-0.2, -0.15) is 5.26 Å². The van der Waals surface area contributed by atoms with Gasteiger partial charge >= 0.3 is 0 Å². The summed E-state index contributed by atoms with van der Waals surface area (Å²) >= 11 is 7.59. The third-order valence-electron chi connectivity index (χ3n) is 2.11. The van der Waals surface area contributed by atoms with Gasteiger partial charge in [0.05, 0.1) is 15.1 Å². The normalized spacial score (nSPS) is 11.0. The highest BCUT2D eigenvalue weighted by Crippen LogP contribution is 2.42. The Hall–Kier alpha value is -1.11. The van der Waals surface area contributed by atoms with Gasteiger partial charge in [0.25, 0.3) is 5.69 Å². The molecule has 1 rings (SSSR count). The Morgan fingerprint density at radius 1 is 1.63 bits per heavy atom. The highest BCUT2D eigenvalue weighted by atomic mass is 79.9. The summed E-state index contributed by atoms with van der Waals surface area (Å²) < 4.78 is 0.649. The van der Waals surface area contributed by atoms with Gasteiger partial charge in [-0.05, 0) is 56.7 Å². The molecule has 0 heterocycles. The zero-order chi connectivity index (χ0) is 14.6. The van der Waals surface area contributed by atoms with Crippen LogP contribution in [-0.2, 0) is 0 Å². The molecule has 0 aromatic heterocycles. The molecule has 100 valence electrons. The zero-order valence-corrected chi connectivity index (χ0v) is 13.9. The number of nitro groups is 1. The topological polar surface area (TPSA) is 91.3 Å². The second kappa shape index (κ2) is 6.88. The fraction of sp³-hybridized carbons (Fsp3) is 0.200. The first-order chi connectivity index (χ1) is 8.92. The average Bonchev–Trinajstić information content (AvgIpc) is 2.32. The molecule has 0 saturated carbocycles. The predicted octanol–water partition coefficient (Wildman–Crippen LogP) is 3.85. The number of hydrogen-bond acceptors (Lipinski definition) is 5. The Balaban J connectivity index is 3.48. The first-order valence-electron chi connectivity index (χ1n) is 4.83. The van der Waals surface area contributed by atoms with Crippen LogP contribution in [0, 0.1) is 28.5 Å². The van der Waals surface area contributed by atoms with E-state index in [0.717, 1.165) is 5.56 Å². The lowest BCUT2D eigenvalue weighted by molar-refractivity contribution is -0.386. The van der Waals surface area contributed by atoms with Gasteiger partial charge < -0.3 is 0 Å². The van der Waals surface area contributed by atoms with Crippen molar-refractivity contribution in [2.75, 3.05) is 6.26 Å². The standard InChI is InChI=1S/C10H8Br2N4O2S/c1-5-3-6(11)9(16(17)18)7(12)8(5)15-10(19-2)14-4-13/h3H,1-2H3,(H,14,15). The summed E-state index contributed by atoms with van der Waals surface area (Å²) in [6.45, 7) is 1.78. The van der Waals surface area contributed by atoms with Crippen LogP contribution in [-0.4, -0.2) is 16.3 Å². The number of nitrogens with zero attached hydrogens (tertiary/aromatic N) is 3. The number of aliphatic imine (C=N–C) groups is 1. The molecule has 0 aliphatic rings. The second-order valence-electron chi connectivity index (χ2n) is 3.30. The van der Waals surface area contributed by atoms with E-state index in [1.807, 2.05) is 0 Å². The van der Waals surface area contributed by atoms with Crippen LogP contribution in [0.15, 0.2) is 20.0 Å². The van der Waals surface area contributed by atoms with Crippen LogP contribution in [0.3, 0.4) is 0 Å². The number of nitriles is 1. The molecular formula is C10H8Br2N4O2S. The number of halogens is 2. The Morgan fingerprint density at radius 3 is 2.74 bits per heavy atom. The van der Waals surface area contributed by atoms with Crippen molar-refractivity contribution >= 4 is 60.2 Å². The van der Waals surface area contributed by atoms with E-state index in [-0.39, 0.29) is 10.2 Å². The van der Waals surface area contributed by atoms with Crippen molar-refractivity contribution in [1.82, 2.24) is 5.32 Å². The molecule has 0 aliphatic heterocycles. The molecule has 0 unspecified atom stereocenters. The van der Waals surface area contributed by atoms with Gasteiger partial charge in [0.1, 0.15) is 4.47 Å². The van der Waals surface area contributed by atoms with Crippen molar-refractivity contribution in [2.45, 2.75) is 6.92 Å². The molecule has 1 aromatic rings. The van der Waals surface area contributed by atoms with Crippen LogP contribution < -0.4 is 5.32 Å². The van der Waals surface area contributed by atoms with Crippen molar-refractivity contribution < 1.29 is 4.92 Å². The molecule has 1 N–H and O–H groups in total. The minimum absolute atomic E-state index is 0.0956. The van der Waals surface area contributed by atoms with Crippen LogP contribution in [0.2, 0.25) is 0 Å². The largest absolute Gasteiger partial charge is 0.299 e. The van der Waals surface area contributed by atoms with Crippen molar-refractivity contribution in [3.63, 3.8) is 0 Å². The lowest BCUT2D eigenvalue weighted by Gasteiger charge is -2.07. The van der Waals surface area contributed by atoms with Crippen molar-refractivity contribution in [1.29, 1.82) is 5.26 Å². The Labute approximate surface area is 130 Å². The molecule has 19 heavy (non-hydrogen) atoms. The smallest absolute Gasteiger partial charge is 0.271 e. The van der Waals surface area contributed by atoms with E-state index in [1.54, 1.807) is 25.4 Å². The molecule has 0 spiro atoms. The highest BCUT2D eigenvalue weighted by molar-refractivity contribution is 9.11. The summed E-state index contributed by atoms with van der Waals surface area (Å²) in [5.74, 6) is 0. The number of thioether (sulfide) groups is 1. The van der Waals surface area contributed by atoms with Crippen molar-refractivity contribution in [3.8, 4) is 6.19 Å². The SMILES string of the molecule is CSC(=Nc1c(C)cc(Br)c([N+](=O)[O-])c1Br)NC#N. The minimum Gasteiger partial charge on any atom is -0.271 e. The fourth-order valence-corrected chi connectivity index (χ4v) is 3.34. The summed E-state index contributed by atoms with van der Waals surface area (Å²) in [5, 5.41) is 22.4. The van der Waals surface area contributed by atoms with E-state index in [0.29, 0.717) is 15.3 Å². The molecule has 0 amide bonds. The summed E-state index contributed by atoms with van der Waals surface area (Å²) in [6.07, 6.45) is 3.52. The highest BCUT2D eigenvalue weighted by Gasteiger charge is 2.22. The van der Waals surface area contributed by atoms with Crippen molar-refractivity contribution in [3.05, 3.63) is 30.7 Å². The minimum atomic E-state index is -0.497. The van der Waals surface area contributed by atoms with Crippen LogP contribution >= 0.6 is 43.6 Å². The third kappa shape index (κ3) is 3.68. The van der Waals surface area contributed by atoms with E-state index in [2.05, 4.69) is 42.2 Å². The van der Waals surface area contributed by atoms with Crippen LogP contribution in [0.1, 0.15) is 5.56 Å². The van der Waals surface area contributed by atoms with Crippen LogP contribution in [0.25, 0.3) is 0 Å². The van der Waals surface area contributed by atoms with Gasteiger partial charge in [0.15, 0.2) is 11.4 Å². The van der Waals surface area contributed by atoms with Gasteiger partial charge in [0, 0.05) is 0 Å². The summed E-state index contributed by atoms with van der Waals surface area (Å²) in [5.41, 5.74) is 1.07. The third-order valence-corrected chi connectivity index (χ3v) is 4.05. The van der Waals surface area contributed by atoms with Crippen LogP contribution in [0.4, 0.5) is 11.4 Å². The summed E-state index contributed by atoms with van der Waals surface area (Å²) in [4.78, 5) is 14.7. The fourth-order valence-electron chi connectivity index (χ4n) is 1.30. The van der Waals surface area contributed by atoms with E-state index >= 15 is 0 Å². The number of hydrogen-bond donors (Lipinski definition) is 1. The van der Waals surface area contributed by atoms with E-state index in [4.69, 9.17) is 5.26 Å². The number of aryl methyl sites for hydroxylation is 1. The number of nitrogens with one attached hydrogen (secondary N) is 1. The molecule has 0 radical (unpaired) electrons. The molecule has 0 bridgehead atoms. The molecule has 0 saturated heterocycles. The van der Waals surface area contributed by atoms with Gasteiger partial charge in [-0.1, -0.05) is 11.8 Å².